The van der Waals surface area contributed by atoms with Crippen molar-refractivity contribution in [2.45, 2.75) is 33.1 Å². The Morgan fingerprint density at radius 1 is 1.30 bits per heavy atom. The van der Waals surface area contributed by atoms with Crippen LogP contribution in [0.3, 0.4) is 0 Å². The predicted molar refractivity (Wildman–Crippen MR) is 80.2 cm³/mol. The molecule has 0 aliphatic heterocycles. The molecule has 1 N–H and O–H groups in total. The minimum Gasteiger partial charge on any atom is -0.493 e. The van der Waals surface area contributed by atoms with E-state index in [1.165, 1.54) is 6.07 Å². The number of para-hydroxylation sites is 1. The maximum atomic E-state index is 11.8. The first-order chi connectivity index (χ1) is 9.61. The third-order valence-corrected chi connectivity index (χ3v) is 2.93. The molecule has 2 rings (SSSR count). The van der Waals surface area contributed by atoms with Crippen molar-refractivity contribution in [3.05, 3.63) is 46.5 Å². The predicted octanol–water partition coefficient (Wildman–Crippen LogP) is 3.35. The zero-order valence-corrected chi connectivity index (χ0v) is 12.1. The number of benzene rings is 1. The Kier molecular flexibility index (Phi) is 4.56. The van der Waals surface area contributed by atoms with Gasteiger partial charge in [-0.05, 0) is 18.6 Å². The van der Waals surface area contributed by atoms with Gasteiger partial charge in [0.1, 0.15) is 11.6 Å². The van der Waals surface area contributed by atoms with E-state index in [-0.39, 0.29) is 11.5 Å². The van der Waals surface area contributed by atoms with E-state index in [0.29, 0.717) is 18.1 Å². The van der Waals surface area contributed by atoms with E-state index >= 15 is 0 Å². The summed E-state index contributed by atoms with van der Waals surface area (Å²) in [6.45, 7) is 6.71. The van der Waals surface area contributed by atoms with Crippen LogP contribution in [-0.4, -0.2) is 16.6 Å². The van der Waals surface area contributed by atoms with Crippen LogP contribution in [-0.2, 0) is 0 Å². The molecule has 0 fully saturated rings. The molecule has 1 aromatic heterocycles. The lowest BCUT2D eigenvalue weighted by molar-refractivity contribution is 0.318. The van der Waals surface area contributed by atoms with Gasteiger partial charge >= 0.3 is 0 Å². The Morgan fingerprint density at radius 3 is 2.75 bits per heavy atom. The minimum absolute atomic E-state index is 0.135. The number of aromatic nitrogens is 2. The summed E-state index contributed by atoms with van der Waals surface area (Å²) in [4.78, 5) is 19.1. The van der Waals surface area contributed by atoms with Gasteiger partial charge in [0, 0.05) is 17.5 Å². The standard InChI is InChI=1S/C16H20N2O2/c1-4-9-20-14-8-6-5-7-12(14)13-10-15(19)18-16(17-13)11(2)3/h5-8,10-11H,4,9H2,1-3H3,(H,17,18,19). The summed E-state index contributed by atoms with van der Waals surface area (Å²) in [5, 5.41) is 0. The second-order valence-corrected chi connectivity index (χ2v) is 5.02. The lowest BCUT2D eigenvalue weighted by Crippen LogP contribution is -2.12. The third-order valence-electron chi connectivity index (χ3n) is 2.93. The molecule has 0 radical (unpaired) electrons. The molecule has 20 heavy (non-hydrogen) atoms. The summed E-state index contributed by atoms with van der Waals surface area (Å²) in [6.07, 6.45) is 0.939. The van der Waals surface area contributed by atoms with Gasteiger partial charge < -0.3 is 9.72 Å². The zero-order chi connectivity index (χ0) is 14.5. The van der Waals surface area contributed by atoms with Gasteiger partial charge in [-0.2, -0.15) is 0 Å². The first-order valence-corrected chi connectivity index (χ1v) is 6.95. The molecular formula is C16H20N2O2. The summed E-state index contributed by atoms with van der Waals surface area (Å²) in [7, 11) is 0. The first-order valence-electron chi connectivity index (χ1n) is 6.95. The average molecular weight is 272 g/mol. The number of hydrogen-bond acceptors (Lipinski definition) is 3. The van der Waals surface area contributed by atoms with Crippen LogP contribution in [0.25, 0.3) is 11.3 Å². The summed E-state index contributed by atoms with van der Waals surface area (Å²) < 4.78 is 5.73. The number of ether oxygens (including phenoxy) is 1. The largest absolute Gasteiger partial charge is 0.493 e. The molecule has 0 spiro atoms. The molecule has 2 aromatic rings. The lowest BCUT2D eigenvalue weighted by atomic mass is 10.1. The van der Waals surface area contributed by atoms with Crippen molar-refractivity contribution in [1.82, 2.24) is 9.97 Å². The molecule has 106 valence electrons. The van der Waals surface area contributed by atoms with E-state index in [4.69, 9.17) is 4.74 Å². The van der Waals surface area contributed by atoms with Crippen LogP contribution < -0.4 is 10.3 Å². The van der Waals surface area contributed by atoms with Crippen molar-refractivity contribution in [1.29, 1.82) is 0 Å². The van der Waals surface area contributed by atoms with Gasteiger partial charge in [-0.1, -0.05) is 32.9 Å². The van der Waals surface area contributed by atoms with Crippen molar-refractivity contribution in [3.63, 3.8) is 0 Å². The molecule has 1 heterocycles. The van der Waals surface area contributed by atoms with Gasteiger partial charge in [-0.3, -0.25) is 4.79 Å². The van der Waals surface area contributed by atoms with Crippen LogP contribution in [0.4, 0.5) is 0 Å². The van der Waals surface area contributed by atoms with Crippen LogP contribution >= 0.6 is 0 Å². The maximum Gasteiger partial charge on any atom is 0.251 e. The van der Waals surface area contributed by atoms with Gasteiger partial charge in [0.15, 0.2) is 0 Å². The maximum absolute atomic E-state index is 11.8. The highest BCUT2D eigenvalue weighted by molar-refractivity contribution is 5.66. The number of H-pyrrole nitrogens is 1. The van der Waals surface area contributed by atoms with Gasteiger partial charge in [0.2, 0.25) is 0 Å². The average Bonchev–Trinajstić information content (AvgIpc) is 2.44. The van der Waals surface area contributed by atoms with Gasteiger partial charge in [-0.15, -0.1) is 0 Å². The third kappa shape index (κ3) is 3.26. The fourth-order valence-corrected chi connectivity index (χ4v) is 1.90. The fourth-order valence-electron chi connectivity index (χ4n) is 1.90. The molecule has 0 aliphatic rings. The summed E-state index contributed by atoms with van der Waals surface area (Å²) >= 11 is 0. The number of nitrogens with one attached hydrogen (secondary N) is 1. The van der Waals surface area contributed by atoms with E-state index in [2.05, 4.69) is 16.9 Å². The second kappa shape index (κ2) is 6.37. The molecule has 0 aliphatic carbocycles. The topological polar surface area (TPSA) is 55.0 Å². The van der Waals surface area contributed by atoms with E-state index in [0.717, 1.165) is 17.7 Å². The molecular weight excluding hydrogens is 252 g/mol. The zero-order valence-electron chi connectivity index (χ0n) is 12.1. The monoisotopic (exact) mass is 272 g/mol. The van der Waals surface area contributed by atoms with Crippen molar-refractivity contribution < 1.29 is 4.74 Å². The number of nitrogens with zero attached hydrogens (tertiary/aromatic N) is 1. The van der Waals surface area contributed by atoms with Crippen molar-refractivity contribution in [2.75, 3.05) is 6.61 Å². The van der Waals surface area contributed by atoms with Crippen LogP contribution in [0.1, 0.15) is 38.9 Å². The van der Waals surface area contributed by atoms with Crippen LogP contribution in [0.2, 0.25) is 0 Å². The van der Waals surface area contributed by atoms with E-state index in [9.17, 15) is 4.79 Å². The molecule has 1 aromatic carbocycles. The van der Waals surface area contributed by atoms with Crippen LogP contribution in [0.15, 0.2) is 35.1 Å². The van der Waals surface area contributed by atoms with Gasteiger partial charge in [0.05, 0.1) is 12.3 Å². The van der Waals surface area contributed by atoms with Crippen LogP contribution in [0, 0.1) is 0 Å². The number of rotatable bonds is 5. The molecule has 0 saturated carbocycles. The molecule has 0 saturated heterocycles. The molecule has 0 amide bonds. The SMILES string of the molecule is CCCOc1ccccc1-c1cc(=O)[nH]c(C(C)C)n1. The van der Waals surface area contributed by atoms with Crippen molar-refractivity contribution >= 4 is 0 Å². The highest BCUT2D eigenvalue weighted by Gasteiger charge is 2.11. The highest BCUT2D eigenvalue weighted by Crippen LogP contribution is 2.28. The quantitative estimate of drug-likeness (QED) is 0.908. The second-order valence-electron chi connectivity index (χ2n) is 5.02. The Labute approximate surface area is 118 Å². The Bertz CT molecular complexity index is 632. The molecule has 4 nitrogen and oxygen atoms in total. The molecule has 0 unspecified atom stereocenters. The Morgan fingerprint density at radius 2 is 2.05 bits per heavy atom. The molecule has 4 heteroatoms. The Hall–Kier alpha value is -2.10. The number of aromatic amines is 1. The van der Waals surface area contributed by atoms with E-state index in [1.807, 2.05) is 38.1 Å². The normalized spacial score (nSPS) is 10.8. The molecule has 0 bridgehead atoms. The molecule has 0 atom stereocenters. The Balaban J connectivity index is 2.48. The first kappa shape index (κ1) is 14.3. The van der Waals surface area contributed by atoms with Crippen molar-refractivity contribution in [3.8, 4) is 17.0 Å². The van der Waals surface area contributed by atoms with Gasteiger partial charge in [-0.25, -0.2) is 4.98 Å². The van der Waals surface area contributed by atoms with E-state index < -0.39 is 0 Å². The highest BCUT2D eigenvalue weighted by atomic mass is 16.5. The minimum atomic E-state index is -0.135. The summed E-state index contributed by atoms with van der Waals surface area (Å²) in [5.74, 6) is 1.63. The van der Waals surface area contributed by atoms with E-state index in [1.54, 1.807) is 0 Å². The van der Waals surface area contributed by atoms with Gasteiger partial charge in [0.25, 0.3) is 5.56 Å². The lowest BCUT2D eigenvalue weighted by Gasteiger charge is -2.11. The van der Waals surface area contributed by atoms with Crippen LogP contribution in [0.5, 0.6) is 5.75 Å². The summed E-state index contributed by atoms with van der Waals surface area (Å²) in [6, 6.07) is 9.19. The smallest absolute Gasteiger partial charge is 0.251 e. The number of hydrogen-bond donors (Lipinski definition) is 1. The fraction of sp³-hybridized carbons (Fsp3) is 0.375. The van der Waals surface area contributed by atoms with Crippen molar-refractivity contribution in [2.24, 2.45) is 0 Å². The summed E-state index contributed by atoms with van der Waals surface area (Å²) in [5.41, 5.74) is 1.38.